The fourth-order valence-corrected chi connectivity index (χ4v) is 4.88. The molecule has 25 heavy (non-hydrogen) atoms. The van der Waals surface area contributed by atoms with Crippen molar-refractivity contribution in [1.82, 2.24) is 9.21 Å². The van der Waals surface area contributed by atoms with Crippen LogP contribution in [0.1, 0.15) is 16.7 Å². The lowest BCUT2D eigenvalue weighted by Gasteiger charge is -2.34. The van der Waals surface area contributed by atoms with Crippen molar-refractivity contribution in [3.8, 4) is 0 Å². The monoisotopic (exact) mass is 362 g/mol. The predicted molar refractivity (Wildman–Crippen MR) is 96.4 cm³/mol. The van der Waals surface area contributed by atoms with E-state index in [1.165, 1.54) is 12.1 Å². The van der Waals surface area contributed by atoms with E-state index in [2.05, 4.69) is 4.90 Å². The van der Waals surface area contributed by atoms with Crippen LogP contribution in [0.3, 0.4) is 0 Å². The number of aryl methyl sites for hydroxylation is 2. The molecule has 6 heteroatoms. The molecule has 0 atom stereocenters. The van der Waals surface area contributed by atoms with Gasteiger partial charge in [0.25, 0.3) is 0 Å². The van der Waals surface area contributed by atoms with Crippen LogP contribution in [-0.4, -0.2) is 43.8 Å². The van der Waals surface area contributed by atoms with Gasteiger partial charge < -0.3 is 0 Å². The summed E-state index contributed by atoms with van der Waals surface area (Å²) in [6.07, 6.45) is 0. The highest BCUT2D eigenvalue weighted by Crippen LogP contribution is 2.22. The fraction of sp³-hybridized carbons (Fsp3) is 0.368. The molecule has 1 aliphatic rings. The maximum absolute atomic E-state index is 13.3. The Kier molecular flexibility index (Phi) is 5.22. The molecule has 1 saturated heterocycles. The van der Waals surface area contributed by atoms with Gasteiger partial charge in [0.05, 0.1) is 4.90 Å². The standard InChI is InChI=1S/C19H23FN2O2S/c1-15-6-7-16(2)19(12-15)25(23,24)22-10-8-21(9-11-22)14-17-4-3-5-18(20)13-17/h3-7,12-13H,8-11,14H2,1-2H3. The number of piperazine rings is 1. The van der Waals surface area contributed by atoms with Crippen LogP contribution in [0.4, 0.5) is 4.39 Å². The van der Waals surface area contributed by atoms with Gasteiger partial charge in [-0.15, -0.1) is 0 Å². The summed E-state index contributed by atoms with van der Waals surface area (Å²) >= 11 is 0. The molecule has 0 saturated carbocycles. The fourth-order valence-electron chi connectivity index (χ4n) is 3.15. The molecule has 0 radical (unpaired) electrons. The molecule has 0 unspecified atom stereocenters. The number of sulfonamides is 1. The quantitative estimate of drug-likeness (QED) is 0.840. The van der Waals surface area contributed by atoms with Crippen LogP contribution in [0, 0.1) is 19.7 Å². The number of halogens is 1. The van der Waals surface area contributed by atoms with Crippen molar-refractivity contribution in [1.29, 1.82) is 0 Å². The smallest absolute Gasteiger partial charge is 0.243 e. The average molecular weight is 362 g/mol. The molecule has 1 aliphatic heterocycles. The van der Waals surface area contributed by atoms with E-state index < -0.39 is 10.0 Å². The van der Waals surface area contributed by atoms with Crippen molar-refractivity contribution < 1.29 is 12.8 Å². The molecule has 2 aromatic carbocycles. The van der Waals surface area contributed by atoms with Gasteiger partial charge in [0.1, 0.15) is 5.82 Å². The van der Waals surface area contributed by atoms with Gasteiger partial charge in [-0.2, -0.15) is 4.31 Å². The van der Waals surface area contributed by atoms with Gasteiger partial charge in [0.15, 0.2) is 0 Å². The zero-order valence-electron chi connectivity index (χ0n) is 14.6. The van der Waals surface area contributed by atoms with Crippen molar-refractivity contribution in [2.45, 2.75) is 25.3 Å². The lowest BCUT2D eigenvalue weighted by molar-refractivity contribution is 0.181. The van der Waals surface area contributed by atoms with Crippen molar-refractivity contribution in [3.63, 3.8) is 0 Å². The molecule has 0 aliphatic carbocycles. The van der Waals surface area contributed by atoms with Gasteiger partial charge in [-0.1, -0.05) is 24.3 Å². The van der Waals surface area contributed by atoms with E-state index >= 15 is 0 Å². The molecule has 0 bridgehead atoms. The van der Waals surface area contributed by atoms with Crippen LogP contribution in [0.2, 0.25) is 0 Å². The molecule has 0 N–H and O–H groups in total. The summed E-state index contributed by atoms with van der Waals surface area (Å²) in [5.74, 6) is -0.242. The summed E-state index contributed by atoms with van der Waals surface area (Å²) in [5, 5.41) is 0. The van der Waals surface area contributed by atoms with Gasteiger partial charge in [-0.05, 0) is 48.7 Å². The lowest BCUT2D eigenvalue weighted by atomic mass is 10.2. The minimum atomic E-state index is -3.47. The molecule has 1 fully saturated rings. The second kappa shape index (κ2) is 7.23. The van der Waals surface area contributed by atoms with Crippen LogP contribution in [0.5, 0.6) is 0 Å². The Morgan fingerprint density at radius 1 is 1.00 bits per heavy atom. The zero-order chi connectivity index (χ0) is 18.0. The molecule has 134 valence electrons. The van der Waals surface area contributed by atoms with Crippen LogP contribution in [-0.2, 0) is 16.6 Å². The molecule has 0 spiro atoms. The van der Waals surface area contributed by atoms with Gasteiger partial charge >= 0.3 is 0 Å². The van der Waals surface area contributed by atoms with Crippen molar-refractivity contribution >= 4 is 10.0 Å². The largest absolute Gasteiger partial charge is 0.296 e. The molecule has 0 aromatic heterocycles. The van der Waals surface area contributed by atoms with Crippen LogP contribution < -0.4 is 0 Å². The number of hydrogen-bond donors (Lipinski definition) is 0. The second-order valence-electron chi connectivity index (χ2n) is 6.58. The first-order valence-corrected chi connectivity index (χ1v) is 9.84. The first-order chi connectivity index (χ1) is 11.9. The highest BCUT2D eigenvalue weighted by molar-refractivity contribution is 7.89. The van der Waals surface area contributed by atoms with Crippen LogP contribution >= 0.6 is 0 Å². The van der Waals surface area contributed by atoms with Gasteiger partial charge in [0.2, 0.25) is 10.0 Å². The third-order valence-corrected chi connectivity index (χ3v) is 6.63. The summed E-state index contributed by atoms with van der Waals surface area (Å²) in [7, 11) is -3.47. The van der Waals surface area contributed by atoms with E-state index in [-0.39, 0.29) is 5.82 Å². The highest BCUT2D eigenvalue weighted by atomic mass is 32.2. The van der Waals surface area contributed by atoms with E-state index in [0.717, 1.165) is 16.7 Å². The zero-order valence-corrected chi connectivity index (χ0v) is 15.4. The highest BCUT2D eigenvalue weighted by Gasteiger charge is 2.29. The third kappa shape index (κ3) is 4.08. The van der Waals surface area contributed by atoms with E-state index in [9.17, 15) is 12.8 Å². The molecule has 2 aromatic rings. The summed E-state index contributed by atoms with van der Waals surface area (Å²) in [6, 6.07) is 12.1. The van der Waals surface area contributed by atoms with E-state index in [4.69, 9.17) is 0 Å². The summed E-state index contributed by atoms with van der Waals surface area (Å²) in [6.45, 7) is 6.54. The van der Waals surface area contributed by atoms with Crippen molar-refractivity contribution in [3.05, 3.63) is 65.0 Å². The normalized spacial score (nSPS) is 16.9. The third-order valence-electron chi connectivity index (χ3n) is 4.59. The molecule has 4 nitrogen and oxygen atoms in total. The van der Waals surface area contributed by atoms with Crippen LogP contribution in [0.25, 0.3) is 0 Å². The maximum Gasteiger partial charge on any atom is 0.243 e. The predicted octanol–water partition coefficient (Wildman–Crippen LogP) is 2.95. The Balaban J connectivity index is 1.68. The Morgan fingerprint density at radius 3 is 2.40 bits per heavy atom. The summed E-state index contributed by atoms with van der Waals surface area (Å²) in [4.78, 5) is 2.55. The topological polar surface area (TPSA) is 40.6 Å². The first kappa shape index (κ1) is 18.0. The van der Waals surface area contributed by atoms with E-state index in [1.54, 1.807) is 16.4 Å². The minimum Gasteiger partial charge on any atom is -0.296 e. The number of benzene rings is 2. The van der Waals surface area contributed by atoms with E-state index in [1.807, 2.05) is 32.0 Å². The minimum absolute atomic E-state index is 0.242. The lowest BCUT2D eigenvalue weighted by Crippen LogP contribution is -2.48. The number of nitrogens with zero attached hydrogens (tertiary/aromatic N) is 2. The van der Waals surface area contributed by atoms with Gasteiger partial charge in [-0.3, -0.25) is 4.90 Å². The Labute approximate surface area is 148 Å². The average Bonchev–Trinajstić information content (AvgIpc) is 2.57. The molecule has 0 amide bonds. The molecule has 1 heterocycles. The summed E-state index contributed by atoms with van der Waals surface area (Å²) < 4.78 is 40.7. The maximum atomic E-state index is 13.3. The SMILES string of the molecule is Cc1ccc(C)c(S(=O)(=O)N2CCN(Cc3cccc(F)c3)CC2)c1. The van der Waals surface area contributed by atoms with Gasteiger partial charge in [0, 0.05) is 32.7 Å². The molecular formula is C19H23FN2O2S. The molecule has 3 rings (SSSR count). The van der Waals surface area contributed by atoms with Crippen molar-refractivity contribution in [2.24, 2.45) is 0 Å². The van der Waals surface area contributed by atoms with Crippen molar-refractivity contribution in [2.75, 3.05) is 26.2 Å². The number of rotatable bonds is 4. The van der Waals surface area contributed by atoms with E-state index in [0.29, 0.717) is 37.6 Å². The Morgan fingerprint density at radius 2 is 1.72 bits per heavy atom. The second-order valence-corrected chi connectivity index (χ2v) is 8.49. The summed E-state index contributed by atoms with van der Waals surface area (Å²) in [5.41, 5.74) is 2.62. The number of hydrogen-bond acceptors (Lipinski definition) is 3. The van der Waals surface area contributed by atoms with Gasteiger partial charge in [-0.25, -0.2) is 12.8 Å². The van der Waals surface area contributed by atoms with Crippen LogP contribution in [0.15, 0.2) is 47.4 Å². The molecular weight excluding hydrogens is 339 g/mol. The Hall–Kier alpha value is -1.76. The first-order valence-electron chi connectivity index (χ1n) is 8.40. The Bertz CT molecular complexity index is 859.